The molecule has 1 unspecified atom stereocenters. The van der Waals surface area contributed by atoms with Crippen LogP contribution in [-0.2, 0) is 14.1 Å². The highest BCUT2D eigenvalue weighted by atomic mass is 16.3. The molecular formula is C37H42N10O5. The van der Waals surface area contributed by atoms with Gasteiger partial charge in [0.15, 0.2) is 5.82 Å². The zero-order valence-electron chi connectivity index (χ0n) is 29.3. The number of aromatic nitrogens is 4. The summed E-state index contributed by atoms with van der Waals surface area (Å²) in [5, 5.41) is 22.6. The van der Waals surface area contributed by atoms with Crippen LogP contribution in [0.25, 0.3) is 10.8 Å². The van der Waals surface area contributed by atoms with E-state index >= 15 is 0 Å². The summed E-state index contributed by atoms with van der Waals surface area (Å²) < 4.78 is 3.16. The van der Waals surface area contributed by atoms with Crippen LogP contribution in [0.4, 0.5) is 17.2 Å². The molecule has 3 aromatic heterocycles. The van der Waals surface area contributed by atoms with Crippen LogP contribution in [0, 0.1) is 0 Å². The lowest BCUT2D eigenvalue weighted by molar-refractivity contribution is 0.0791. The van der Waals surface area contributed by atoms with E-state index in [0.29, 0.717) is 42.3 Å². The number of aliphatic hydroxyl groups excluding tert-OH is 1. The standard InChI is InChI=1S/C37H42N10O5/c1-24(48)21-47-16-14-46(15-17-47)13-12-38-37(52)33-42-32(23-45(33)3)43-34(49)25-8-10-28(11-9-25)40-36(51)31-19-29(22-44(31)2)41-35(50)30-18-26-6-4-5-7-27(26)20-39-30/h4-11,18-20,22-24,48H,12-17,21H2,1-3H3,(H,38,52)(H,40,51)(H,41,50)(H,43,49). The summed E-state index contributed by atoms with van der Waals surface area (Å²) in [4.78, 5) is 64.8. The van der Waals surface area contributed by atoms with Gasteiger partial charge in [-0.15, -0.1) is 0 Å². The van der Waals surface area contributed by atoms with Gasteiger partial charge in [-0.25, -0.2) is 4.98 Å². The minimum Gasteiger partial charge on any atom is -0.392 e. The topological polar surface area (TPSA) is 179 Å². The first-order valence-corrected chi connectivity index (χ1v) is 17.0. The number of fused-ring (bicyclic) bond motifs is 1. The number of aliphatic hydroxyl groups is 1. The number of β-amino-alcohol motifs (C(OH)–C–C–N with tert-alkyl or cyclic N) is 1. The Bertz CT molecular complexity index is 2080. The fourth-order valence-electron chi connectivity index (χ4n) is 6.06. The molecule has 0 spiro atoms. The highest BCUT2D eigenvalue weighted by Crippen LogP contribution is 2.19. The second-order valence-electron chi connectivity index (χ2n) is 12.9. The first-order valence-electron chi connectivity index (χ1n) is 17.0. The number of hydrogen-bond acceptors (Lipinski definition) is 9. The second kappa shape index (κ2) is 16.0. The van der Waals surface area contributed by atoms with Crippen LogP contribution in [0.3, 0.4) is 0 Å². The number of amides is 4. The Labute approximate surface area is 300 Å². The Morgan fingerprint density at radius 3 is 2.19 bits per heavy atom. The van der Waals surface area contributed by atoms with Crippen LogP contribution in [0.15, 0.2) is 79.3 Å². The van der Waals surface area contributed by atoms with Crippen LogP contribution in [0.5, 0.6) is 0 Å². The Morgan fingerprint density at radius 1 is 0.769 bits per heavy atom. The molecular weight excluding hydrogens is 664 g/mol. The summed E-state index contributed by atoms with van der Waals surface area (Å²) in [6.45, 7) is 7.11. The lowest BCUT2D eigenvalue weighted by Crippen LogP contribution is -2.49. The zero-order chi connectivity index (χ0) is 36.8. The second-order valence-corrected chi connectivity index (χ2v) is 12.9. The molecule has 15 nitrogen and oxygen atoms in total. The summed E-state index contributed by atoms with van der Waals surface area (Å²) in [5.41, 5.74) is 1.80. The van der Waals surface area contributed by atoms with Crippen LogP contribution in [0.1, 0.15) is 48.9 Å². The molecule has 15 heteroatoms. The smallest absolute Gasteiger partial charge is 0.287 e. The number of pyridine rings is 1. The number of benzene rings is 2. The van der Waals surface area contributed by atoms with Gasteiger partial charge in [0, 0.05) is 95.1 Å². The van der Waals surface area contributed by atoms with Gasteiger partial charge in [0.2, 0.25) is 5.82 Å². The molecule has 1 aliphatic rings. The number of anilines is 3. The summed E-state index contributed by atoms with van der Waals surface area (Å²) in [5.74, 6) is -1.17. The van der Waals surface area contributed by atoms with Crippen LogP contribution in [-0.4, -0.2) is 110 Å². The van der Waals surface area contributed by atoms with E-state index in [9.17, 15) is 24.3 Å². The number of rotatable bonds is 12. The third-order valence-corrected chi connectivity index (χ3v) is 8.79. The van der Waals surface area contributed by atoms with E-state index in [1.807, 2.05) is 24.3 Å². The number of carbonyl (C=O) groups is 4. The largest absolute Gasteiger partial charge is 0.392 e. The Kier molecular flexibility index (Phi) is 11.0. The molecule has 0 radical (unpaired) electrons. The molecule has 4 heterocycles. The zero-order valence-corrected chi connectivity index (χ0v) is 29.3. The average molecular weight is 707 g/mol. The van der Waals surface area contributed by atoms with Gasteiger partial charge in [-0.1, -0.05) is 24.3 Å². The Balaban J connectivity index is 0.975. The van der Waals surface area contributed by atoms with Crippen molar-refractivity contribution in [3.63, 3.8) is 0 Å². The van der Waals surface area contributed by atoms with Crippen molar-refractivity contribution in [1.82, 2.24) is 34.2 Å². The van der Waals surface area contributed by atoms with E-state index in [4.69, 9.17) is 0 Å². The maximum absolute atomic E-state index is 13.1. The highest BCUT2D eigenvalue weighted by molar-refractivity contribution is 6.08. The summed E-state index contributed by atoms with van der Waals surface area (Å²) >= 11 is 0. The molecule has 6 rings (SSSR count). The quantitative estimate of drug-likeness (QED) is 0.131. The monoisotopic (exact) mass is 706 g/mol. The fraction of sp³-hybridized carbons (Fsp3) is 0.297. The molecule has 1 saturated heterocycles. The first kappa shape index (κ1) is 35.9. The van der Waals surface area contributed by atoms with Crippen LogP contribution in [0.2, 0.25) is 0 Å². The normalized spacial score (nSPS) is 14.2. The maximum Gasteiger partial charge on any atom is 0.287 e. The van der Waals surface area contributed by atoms with Gasteiger partial charge in [0.1, 0.15) is 11.4 Å². The van der Waals surface area contributed by atoms with Gasteiger partial charge in [-0.05, 0) is 48.7 Å². The summed E-state index contributed by atoms with van der Waals surface area (Å²) in [7, 11) is 3.38. The summed E-state index contributed by atoms with van der Waals surface area (Å²) in [6.07, 6.45) is 4.50. The van der Waals surface area contributed by atoms with E-state index < -0.39 is 17.7 Å². The molecule has 5 aromatic rings. The SMILES string of the molecule is CC(O)CN1CCN(CCNC(=O)c2nc(NC(=O)c3ccc(NC(=O)c4cc(NC(=O)c5cc6ccccc6cn5)cn4C)cc3)cn2C)CC1. The van der Waals surface area contributed by atoms with Crippen LogP contribution < -0.4 is 21.3 Å². The van der Waals surface area contributed by atoms with E-state index in [2.05, 4.69) is 41.0 Å². The number of aryl methyl sites for hydroxylation is 2. The number of nitrogens with one attached hydrogen (secondary N) is 4. The molecule has 0 bridgehead atoms. The van der Waals surface area contributed by atoms with Gasteiger partial charge < -0.3 is 35.5 Å². The van der Waals surface area contributed by atoms with Gasteiger partial charge in [-0.3, -0.25) is 34.0 Å². The van der Waals surface area contributed by atoms with Crippen molar-refractivity contribution in [1.29, 1.82) is 0 Å². The molecule has 52 heavy (non-hydrogen) atoms. The maximum atomic E-state index is 13.1. The minimum absolute atomic E-state index is 0.170. The van der Waals surface area contributed by atoms with Gasteiger partial charge in [0.25, 0.3) is 23.6 Å². The molecule has 1 atom stereocenters. The molecule has 1 aliphatic heterocycles. The lowest BCUT2D eigenvalue weighted by Gasteiger charge is -2.35. The molecule has 2 aromatic carbocycles. The Hall–Kier alpha value is -5.90. The van der Waals surface area contributed by atoms with Crippen molar-refractivity contribution in [3.05, 3.63) is 102 Å². The predicted molar refractivity (Wildman–Crippen MR) is 198 cm³/mol. The molecule has 4 amide bonds. The molecule has 0 aliphatic carbocycles. The molecule has 270 valence electrons. The predicted octanol–water partition coefficient (Wildman–Crippen LogP) is 2.79. The minimum atomic E-state index is -0.429. The van der Waals surface area contributed by atoms with Crippen molar-refractivity contribution in [2.24, 2.45) is 14.1 Å². The van der Waals surface area contributed by atoms with Crippen molar-refractivity contribution in [2.75, 3.05) is 61.8 Å². The number of carbonyl (C=O) groups excluding carboxylic acids is 4. The number of piperazine rings is 1. The van der Waals surface area contributed by atoms with Crippen molar-refractivity contribution in [3.8, 4) is 0 Å². The number of nitrogens with zero attached hydrogens (tertiary/aromatic N) is 6. The van der Waals surface area contributed by atoms with Crippen molar-refractivity contribution >= 4 is 51.6 Å². The van der Waals surface area contributed by atoms with E-state index in [1.165, 1.54) is 0 Å². The van der Waals surface area contributed by atoms with E-state index in [1.54, 1.807) is 85.1 Å². The number of hydrogen-bond donors (Lipinski definition) is 5. The third-order valence-electron chi connectivity index (χ3n) is 8.79. The highest BCUT2D eigenvalue weighted by Gasteiger charge is 2.20. The first-order chi connectivity index (χ1) is 25.0. The van der Waals surface area contributed by atoms with Gasteiger partial charge in [0.05, 0.1) is 11.8 Å². The van der Waals surface area contributed by atoms with E-state index in [-0.39, 0.29) is 29.3 Å². The third kappa shape index (κ3) is 8.87. The lowest BCUT2D eigenvalue weighted by atomic mass is 10.1. The molecule has 0 saturated carbocycles. The van der Waals surface area contributed by atoms with Crippen LogP contribution >= 0.6 is 0 Å². The van der Waals surface area contributed by atoms with E-state index in [0.717, 1.165) is 37.0 Å². The summed E-state index contributed by atoms with van der Waals surface area (Å²) in [6, 6.07) is 17.3. The van der Waals surface area contributed by atoms with Gasteiger partial charge >= 0.3 is 0 Å². The fourth-order valence-corrected chi connectivity index (χ4v) is 6.06. The number of imidazole rings is 1. The van der Waals surface area contributed by atoms with Crippen molar-refractivity contribution < 1.29 is 24.3 Å². The molecule has 1 fully saturated rings. The van der Waals surface area contributed by atoms with Gasteiger partial charge in [-0.2, -0.15) is 0 Å². The average Bonchev–Trinajstić information content (AvgIpc) is 3.69. The van der Waals surface area contributed by atoms with Crippen molar-refractivity contribution in [2.45, 2.75) is 13.0 Å². The molecule has 5 N–H and O–H groups in total. The Morgan fingerprint density at radius 2 is 1.46 bits per heavy atom.